The zero-order chi connectivity index (χ0) is 17.9. The molecule has 2 heterocycles. The third-order valence-electron chi connectivity index (χ3n) is 4.61. The zero-order valence-corrected chi connectivity index (χ0v) is 14.1. The smallest absolute Gasteiger partial charge is 0.251 e. The number of carbonyl (C=O) groups is 1. The van der Waals surface area contributed by atoms with E-state index in [4.69, 9.17) is 4.42 Å². The first-order chi connectivity index (χ1) is 12.7. The monoisotopic (exact) mass is 350 g/mol. The van der Waals surface area contributed by atoms with Gasteiger partial charge in [-0.05, 0) is 36.5 Å². The van der Waals surface area contributed by atoms with Gasteiger partial charge in [0.25, 0.3) is 5.56 Å². The molecule has 1 aliphatic carbocycles. The van der Waals surface area contributed by atoms with E-state index in [1.54, 1.807) is 12.3 Å². The van der Waals surface area contributed by atoms with Crippen LogP contribution in [0.1, 0.15) is 30.0 Å². The molecule has 2 aromatic heterocycles. The highest BCUT2D eigenvalue weighted by Gasteiger charge is 2.21. The number of fused-ring (bicyclic) bond motifs is 1. The van der Waals surface area contributed by atoms with Gasteiger partial charge in [0.05, 0.1) is 11.6 Å². The molecule has 0 radical (unpaired) electrons. The van der Waals surface area contributed by atoms with Gasteiger partial charge in [0.2, 0.25) is 18.2 Å². The van der Waals surface area contributed by atoms with Crippen LogP contribution in [-0.4, -0.2) is 20.7 Å². The number of aryl methyl sites for hydroxylation is 1. The molecule has 3 aromatic rings. The molecular formula is C19H18N4O3. The summed E-state index contributed by atoms with van der Waals surface area (Å²) in [6, 6.07) is 11.1. The highest BCUT2D eigenvalue weighted by molar-refractivity contribution is 5.76. The third-order valence-corrected chi connectivity index (χ3v) is 4.61. The van der Waals surface area contributed by atoms with Crippen LogP contribution in [0.5, 0.6) is 0 Å². The maximum atomic E-state index is 12.5. The van der Waals surface area contributed by atoms with Gasteiger partial charge in [0.1, 0.15) is 6.54 Å². The molecular weight excluding hydrogens is 332 g/mol. The van der Waals surface area contributed by atoms with Crippen molar-refractivity contribution in [1.29, 1.82) is 0 Å². The van der Waals surface area contributed by atoms with E-state index >= 15 is 0 Å². The van der Waals surface area contributed by atoms with Crippen molar-refractivity contribution in [3.05, 3.63) is 70.5 Å². The summed E-state index contributed by atoms with van der Waals surface area (Å²) in [4.78, 5) is 24.6. The number of amides is 1. The van der Waals surface area contributed by atoms with Crippen molar-refractivity contribution >= 4 is 5.91 Å². The van der Waals surface area contributed by atoms with E-state index in [2.05, 4.69) is 27.6 Å². The molecule has 0 fully saturated rings. The van der Waals surface area contributed by atoms with Crippen molar-refractivity contribution in [2.75, 3.05) is 0 Å². The predicted molar refractivity (Wildman–Crippen MR) is 94.3 cm³/mol. The van der Waals surface area contributed by atoms with E-state index in [1.807, 2.05) is 12.1 Å². The zero-order valence-electron chi connectivity index (χ0n) is 14.1. The maximum Gasteiger partial charge on any atom is 0.251 e. The van der Waals surface area contributed by atoms with E-state index < -0.39 is 0 Å². The number of pyridine rings is 1. The minimum Gasteiger partial charge on any atom is -0.423 e. The topological polar surface area (TPSA) is 90.0 Å². The fourth-order valence-corrected chi connectivity index (χ4v) is 3.38. The summed E-state index contributed by atoms with van der Waals surface area (Å²) < 4.78 is 6.49. The number of aromatic nitrogens is 3. The highest BCUT2D eigenvalue weighted by atomic mass is 16.4. The van der Waals surface area contributed by atoms with Gasteiger partial charge in [0, 0.05) is 12.3 Å². The number of carbonyl (C=O) groups excluding carboxylic acids is 1. The van der Waals surface area contributed by atoms with Gasteiger partial charge in [-0.15, -0.1) is 10.2 Å². The average Bonchev–Trinajstić information content (AvgIpc) is 3.18. The van der Waals surface area contributed by atoms with Crippen LogP contribution < -0.4 is 10.9 Å². The van der Waals surface area contributed by atoms with Gasteiger partial charge in [-0.25, -0.2) is 0 Å². The van der Waals surface area contributed by atoms with Crippen LogP contribution in [0, 0.1) is 0 Å². The molecule has 0 saturated heterocycles. The van der Waals surface area contributed by atoms with Crippen LogP contribution in [0.3, 0.4) is 0 Å². The normalized spacial score (nSPS) is 16.1. The van der Waals surface area contributed by atoms with E-state index in [0.29, 0.717) is 11.5 Å². The lowest BCUT2D eigenvalue weighted by Crippen LogP contribution is -2.35. The molecule has 1 aliphatic rings. The van der Waals surface area contributed by atoms with Gasteiger partial charge in [-0.1, -0.05) is 24.3 Å². The largest absolute Gasteiger partial charge is 0.423 e. The van der Waals surface area contributed by atoms with E-state index in [9.17, 15) is 9.59 Å². The molecule has 0 unspecified atom stereocenters. The van der Waals surface area contributed by atoms with Crippen LogP contribution in [0.25, 0.3) is 11.5 Å². The van der Waals surface area contributed by atoms with Crippen LogP contribution in [0.2, 0.25) is 0 Å². The molecule has 26 heavy (non-hydrogen) atoms. The minimum absolute atomic E-state index is 0.0118. The number of rotatable bonds is 4. The second-order valence-electron chi connectivity index (χ2n) is 6.34. The van der Waals surface area contributed by atoms with E-state index in [0.717, 1.165) is 19.3 Å². The van der Waals surface area contributed by atoms with Crippen molar-refractivity contribution in [3.63, 3.8) is 0 Å². The third kappa shape index (κ3) is 3.28. The van der Waals surface area contributed by atoms with Crippen molar-refractivity contribution in [2.45, 2.75) is 31.8 Å². The first-order valence-corrected chi connectivity index (χ1v) is 8.55. The SMILES string of the molecule is O=C(Cn1cc(-c2nnco2)ccc1=O)N[C@@H]1CCCc2ccccc21. The number of benzene rings is 1. The Balaban J connectivity index is 1.51. The second-order valence-corrected chi connectivity index (χ2v) is 6.34. The summed E-state index contributed by atoms with van der Waals surface area (Å²) in [5.41, 5.74) is 2.78. The maximum absolute atomic E-state index is 12.5. The lowest BCUT2D eigenvalue weighted by Gasteiger charge is -2.26. The molecule has 1 N–H and O–H groups in total. The van der Waals surface area contributed by atoms with Crippen molar-refractivity contribution in [3.8, 4) is 11.5 Å². The Morgan fingerprint density at radius 1 is 1.27 bits per heavy atom. The van der Waals surface area contributed by atoms with Crippen molar-refractivity contribution < 1.29 is 9.21 Å². The van der Waals surface area contributed by atoms with Crippen molar-refractivity contribution in [1.82, 2.24) is 20.1 Å². The number of hydrogen-bond donors (Lipinski definition) is 1. The predicted octanol–water partition coefficient (Wildman–Crippen LogP) is 2.09. The molecule has 7 nitrogen and oxygen atoms in total. The Morgan fingerprint density at radius 2 is 2.15 bits per heavy atom. The van der Waals surface area contributed by atoms with Gasteiger partial charge in [-0.3, -0.25) is 9.59 Å². The van der Waals surface area contributed by atoms with Crippen molar-refractivity contribution in [2.24, 2.45) is 0 Å². The summed E-state index contributed by atoms with van der Waals surface area (Å²) in [6.07, 6.45) is 5.75. The summed E-state index contributed by atoms with van der Waals surface area (Å²) in [5.74, 6) is 0.108. The summed E-state index contributed by atoms with van der Waals surface area (Å²) >= 11 is 0. The van der Waals surface area contributed by atoms with E-state index in [1.165, 1.54) is 28.2 Å². The lowest BCUT2D eigenvalue weighted by atomic mass is 9.88. The first kappa shape index (κ1) is 16.3. The van der Waals surface area contributed by atoms with Crippen LogP contribution in [0.4, 0.5) is 0 Å². The van der Waals surface area contributed by atoms with Gasteiger partial charge < -0.3 is 14.3 Å². The Hall–Kier alpha value is -3.22. The molecule has 0 saturated carbocycles. The number of nitrogens with zero attached hydrogens (tertiary/aromatic N) is 3. The molecule has 7 heteroatoms. The molecule has 4 rings (SSSR count). The fourth-order valence-electron chi connectivity index (χ4n) is 3.38. The number of hydrogen-bond acceptors (Lipinski definition) is 5. The quantitative estimate of drug-likeness (QED) is 0.778. The summed E-state index contributed by atoms with van der Waals surface area (Å²) in [5, 5.41) is 10.5. The molecule has 1 amide bonds. The molecule has 0 bridgehead atoms. The number of nitrogens with one attached hydrogen (secondary N) is 1. The first-order valence-electron chi connectivity index (χ1n) is 8.55. The van der Waals surface area contributed by atoms with Crippen LogP contribution in [0.15, 0.2) is 58.2 Å². The lowest BCUT2D eigenvalue weighted by molar-refractivity contribution is -0.122. The summed E-state index contributed by atoms with van der Waals surface area (Å²) in [6.45, 7) is -0.0561. The van der Waals surface area contributed by atoms with Crippen LogP contribution >= 0.6 is 0 Å². The standard InChI is InChI=1S/C19H18N4O3/c24-17(21-16-7-3-5-13-4-1-2-6-15(13)16)11-23-10-14(8-9-18(23)25)19-22-20-12-26-19/h1-2,4,6,8-10,12,16H,3,5,7,11H2,(H,21,24)/t16-/m1/s1. The Kier molecular flexibility index (Phi) is 4.35. The van der Waals surface area contributed by atoms with Gasteiger partial charge in [0.15, 0.2) is 0 Å². The summed E-state index contributed by atoms with van der Waals surface area (Å²) in [7, 11) is 0. The molecule has 1 atom stereocenters. The Labute approximate surface area is 149 Å². The molecule has 132 valence electrons. The molecule has 1 aromatic carbocycles. The van der Waals surface area contributed by atoms with Crippen LogP contribution in [-0.2, 0) is 17.8 Å². The minimum atomic E-state index is -0.257. The van der Waals surface area contributed by atoms with Gasteiger partial charge in [-0.2, -0.15) is 0 Å². The van der Waals surface area contributed by atoms with E-state index in [-0.39, 0.29) is 24.1 Å². The Bertz CT molecular complexity index is 978. The molecule has 0 spiro atoms. The highest BCUT2D eigenvalue weighted by Crippen LogP contribution is 2.29. The fraction of sp³-hybridized carbons (Fsp3) is 0.263. The van der Waals surface area contributed by atoms with Gasteiger partial charge >= 0.3 is 0 Å². The Morgan fingerprint density at radius 3 is 3.00 bits per heavy atom. The average molecular weight is 350 g/mol. The second kappa shape index (κ2) is 6.95. The molecule has 0 aliphatic heterocycles.